The van der Waals surface area contributed by atoms with E-state index in [2.05, 4.69) is 166 Å². The van der Waals surface area contributed by atoms with Gasteiger partial charge >= 0.3 is 0 Å². The normalized spacial score (nSPS) is 16.0. The van der Waals surface area contributed by atoms with Crippen molar-refractivity contribution in [1.82, 2.24) is 9.13 Å². The molecule has 3 aromatic heterocycles. The molecule has 2 aliphatic heterocycles. The highest BCUT2D eigenvalue weighted by Crippen LogP contribution is 2.48. The molecule has 7 aromatic carbocycles. The number of aliphatic imine (C=N–C) groups is 1. The van der Waals surface area contributed by atoms with Crippen molar-refractivity contribution in [3.05, 3.63) is 181 Å². The summed E-state index contributed by atoms with van der Waals surface area (Å²) in [6.07, 6.45) is 9.34. The fourth-order valence-corrected chi connectivity index (χ4v) is 9.61. The molecule has 2 N–H and O–H groups in total. The van der Waals surface area contributed by atoms with E-state index >= 15 is 0 Å². The van der Waals surface area contributed by atoms with E-state index in [-0.39, 0.29) is 12.0 Å². The molecule has 2 aliphatic rings. The van der Waals surface area contributed by atoms with Gasteiger partial charge < -0.3 is 24.0 Å². The van der Waals surface area contributed by atoms with Crippen LogP contribution in [-0.4, -0.2) is 21.5 Å². The van der Waals surface area contributed by atoms with Crippen molar-refractivity contribution in [1.29, 1.82) is 0 Å². The van der Waals surface area contributed by atoms with Crippen LogP contribution in [0.1, 0.15) is 22.8 Å². The second-order valence-corrected chi connectivity index (χ2v) is 15.2. The van der Waals surface area contributed by atoms with Gasteiger partial charge in [-0.1, -0.05) is 97.1 Å². The van der Waals surface area contributed by atoms with Gasteiger partial charge in [0, 0.05) is 67.6 Å². The number of furan rings is 1. The highest BCUT2D eigenvalue weighted by Gasteiger charge is 2.35. The van der Waals surface area contributed by atoms with Gasteiger partial charge in [-0.2, -0.15) is 0 Å². The monoisotopic (exact) mass is 748 g/mol. The van der Waals surface area contributed by atoms with Crippen LogP contribution in [0.5, 0.6) is 5.75 Å². The van der Waals surface area contributed by atoms with Crippen LogP contribution >= 0.6 is 0 Å². The van der Waals surface area contributed by atoms with Crippen molar-refractivity contribution in [2.75, 3.05) is 0 Å². The molecule has 0 radical (unpaired) electrons. The van der Waals surface area contributed by atoms with Crippen molar-refractivity contribution >= 4 is 66.9 Å². The molecular weight excluding hydrogens is 713 g/mol. The number of hydrogen-bond acceptors (Lipinski definition) is 4. The van der Waals surface area contributed by atoms with E-state index in [9.17, 15) is 0 Å². The molecule has 6 nitrogen and oxygen atoms in total. The summed E-state index contributed by atoms with van der Waals surface area (Å²) in [5.41, 5.74) is 20.0. The average molecular weight is 749 g/mol. The molecular formula is C52H36N4O2. The molecule has 2 unspecified atom stereocenters. The molecule has 6 heteroatoms. The van der Waals surface area contributed by atoms with Crippen molar-refractivity contribution in [2.24, 2.45) is 10.7 Å². The zero-order chi connectivity index (χ0) is 38.5. The Morgan fingerprint density at radius 2 is 1.34 bits per heavy atom. The van der Waals surface area contributed by atoms with Gasteiger partial charge in [0.25, 0.3) is 0 Å². The Kier molecular flexibility index (Phi) is 7.02. The maximum Gasteiger partial charge on any atom is 0.148 e. The summed E-state index contributed by atoms with van der Waals surface area (Å²) in [6, 6.07) is 52.6. The summed E-state index contributed by atoms with van der Waals surface area (Å²) >= 11 is 0. The Balaban J connectivity index is 1.15. The Morgan fingerprint density at radius 3 is 2.17 bits per heavy atom. The fourth-order valence-electron chi connectivity index (χ4n) is 9.61. The van der Waals surface area contributed by atoms with Crippen molar-refractivity contribution in [3.8, 4) is 39.4 Å². The Labute approximate surface area is 334 Å². The molecule has 0 saturated heterocycles. The van der Waals surface area contributed by atoms with E-state index in [1.165, 1.54) is 27.1 Å². The molecule has 58 heavy (non-hydrogen) atoms. The molecule has 0 aliphatic carbocycles. The van der Waals surface area contributed by atoms with Crippen LogP contribution in [0.3, 0.4) is 0 Å². The lowest BCUT2D eigenvalue weighted by Crippen LogP contribution is -2.20. The fraction of sp³-hybridized carbons (Fsp3) is 0.0577. The van der Waals surface area contributed by atoms with Crippen molar-refractivity contribution in [3.63, 3.8) is 0 Å². The largest absolute Gasteiger partial charge is 0.481 e. The van der Waals surface area contributed by atoms with E-state index in [1.54, 1.807) is 6.20 Å². The standard InChI is InChI=1S/C52H36N4O2/c1-31-34(23-25-53)38-15-9-16-40(51(38)57-31)42-28-44-36-14-5-7-18-45(36)55(33-11-3-2-4-12-33)49(44)29-41(42)32-21-22-47-43(27-32)35-13-6-8-19-46(35)56(47)48-20-10-17-39-37-24-26-54-30-50(37)58-52(39)48/h2-30,37,50H,53H2,1H3/b25-23-. The first-order chi connectivity index (χ1) is 28.7. The summed E-state index contributed by atoms with van der Waals surface area (Å²) in [4.78, 5) is 4.39. The van der Waals surface area contributed by atoms with Gasteiger partial charge in [-0.25, -0.2) is 0 Å². The van der Waals surface area contributed by atoms with Crippen LogP contribution in [-0.2, 0) is 0 Å². The van der Waals surface area contributed by atoms with Crippen LogP contribution < -0.4 is 10.5 Å². The summed E-state index contributed by atoms with van der Waals surface area (Å²) in [7, 11) is 0. The third kappa shape index (κ3) is 4.63. The molecule has 5 heterocycles. The molecule has 10 aromatic rings. The van der Waals surface area contributed by atoms with Gasteiger partial charge in [0.05, 0.1) is 27.8 Å². The molecule has 0 amide bonds. The van der Waals surface area contributed by atoms with Gasteiger partial charge in [0.15, 0.2) is 0 Å². The first-order valence-corrected chi connectivity index (χ1v) is 19.7. The number of aromatic nitrogens is 2. The lowest BCUT2D eigenvalue weighted by atomic mass is 9.91. The number of para-hydroxylation sites is 5. The van der Waals surface area contributed by atoms with E-state index in [0.717, 1.165) is 83.7 Å². The second kappa shape index (κ2) is 12.5. The van der Waals surface area contributed by atoms with Gasteiger partial charge in [-0.15, -0.1) is 0 Å². The van der Waals surface area contributed by atoms with Crippen LogP contribution in [0.25, 0.3) is 94.3 Å². The van der Waals surface area contributed by atoms with Gasteiger partial charge in [-0.3, -0.25) is 4.99 Å². The number of fused-ring (bicyclic) bond motifs is 10. The number of aryl methyl sites for hydroxylation is 1. The summed E-state index contributed by atoms with van der Waals surface area (Å²) in [5, 5.41) is 5.75. The van der Waals surface area contributed by atoms with E-state index < -0.39 is 0 Å². The third-order valence-corrected chi connectivity index (χ3v) is 12.1. The highest BCUT2D eigenvalue weighted by atomic mass is 16.5. The minimum absolute atomic E-state index is 0.106. The number of rotatable bonds is 5. The Morgan fingerprint density at radius 1 is 0.621 bits per heavy atom. The third-order valence-electron chi connectivity index (χ3n) is 12.1. The second-order valence-electron chi connectivity index (χ2n) is 15.2. The SMILES string of the molecule is Cc1oc2c(-c3cc4c5ccccc5n(-c5ccccc5)c4cc3-c3ccc4c(c3)c3ccccc3n4-c3cccc4c3OC3C=NC=CC43)cccc2c1/C=C\N. The van der Waals surface area contributed by atoms with Crippen molar-refractivity contribution in [2.45, 2.75) is 18.9 Å². The first kappa shape index (κ1) is 32.7. The lowest BCUT2D eigenvalue weighted by Gasteiger charge is -2.15. The van der Waals surface area contributed by atoms with Gasteiger partial charge in [0.2, 0.25) is 0 Å². The summed E-state index contributed by atoms with van der Waals surface area (Å²) in [5.74, 6) is 1.90. The number of benzene rings is 7. The van der Waals surface area contributed by atoms with Gasteiger partial charge in [0.1, 0.15) is 23.2 Å². The molecule has 276 valence electrons. The van der Waals surface area contributed by atoms with Crippen LogP contribution in [0.2, 0.25) is 0 Å². The molecule has 12 rings (SSSR count). The zero-order valence-corrected chi connectivity index (χ0v) is 31.6. The number of nitrogens with two attached hydrogens (primary N) is 1. The van der Waals surface area contributed by atoms with Crippen LogP contribution in [0.15, 0.2) is 173 Å². The molecule has 0 saturated carbocycles. The van der Waals surface area contributed by atoms with Gasteiger partial charge in [-0.05, 0) is 90.5 Å². The molecule has 0 bridgehead atoms. The average Bonchev–Trinajstić information content (AvgIpc) is 4.01. The van der Waals surface area contributed by atoms with E-state index in [4.69, 9.17) is 14.9 Å². The minimum Gasteiger partial charge on any atom is -0.481 e. The summed E-state index contributed by atoms with van der Waals surface area (Å²) in [6.45, 7) is 2.01. The number of hydrogen-bond donors (Lipinski definition) is 1. The van der Waals surface area contributed by atoms with E-state index in [0.29, 0.717) is 0 Å². The quantitative estimate of drug-likeness (QED) is 0.190. The lowest BCUT2D eigenvalue weighted by molar-refractivity contribution is 0.291. The van der Waals surface area contributed by atoms with Crippen LogP contribution in [0, 0.1) is 6.92 Å². The van der Waals surface area contributed by atoms with Crippen molar-refractivity contribution < 1.29 is 9.15 Å². The highest BCUT2D eigenvalue weighted by molar-refractivity contribution is 6.15. The molecule has 2 atom stereocenters. The first-order valence-electron chi connectivity index (χ1n) is 19.7. The minimum atomic E-state index is -0.106. The predicted molar refractivity (Wildman–Crippen MR) is 239 cm³/mol. The zero-order valence-electron chi connectivity index (χ0n) is 31.6. The molecule has 0 fully saturated rings. The molecule has 0 spiro atoms. The number of ether oxygens (including phenoxy) is 1. The smallest absolute Gasteiger partial charge is 0.148 e. The Hall–Kier alpha value is -7.57. The predicted octanol–water partition coefficient (Wildman–Crippen LogP) is 12.6. The number of nitrogens with zero attached hydrogens (tertiary/aromatic N) is 3. The maximum absolute atomic E-state index is 6.65. The Bertz CT molecular complexity index is 3410. The maximum atomic E-state index is 6.65. The topological polar surface area (TPSA) is 70.6 Å². The summed E-state index contributed by atoms with van der Waals surface area (Å²) < 4.78 is 18.0. The van der Waals surface area contributed by atoms with E-state index in [1.807, 2.05) is 25.4 Å². The van der Waals surface area contributed by atoms with Crippen LogP contribution in [0.4, 0.5) is 0 Å².